The third kappa shape index (κ3) is 6.07. The van der Waals surface area contributed by atoms with Crippen LogP contribution in [0.15, 0.2) is 48.5 Å². The molecule has 0 nitrogen and oxygen atoms in total. The Bertz CT molecular complexity index is 842. The molecule has 0 bridgehead atoms. The highest BCUT2D eigenvalue weighted by Gasteiger charge is 2.45. The molecule has 2 aromatic carbocycles. The maximum atomic E-state index is 2.63. The standard InChI is InChI=1S/C33H43P2/c1-25-17-21-30(22-18-25)35(31-23-19-26(2)20-24-31)33-16-10-15-32(33)27(3)34(28-11-6-4-7-12-28)29-13-8-5-9-14-29/h10,15-24,27-29H,4-9,11-14H2,1-3H3/t27-/m0/s1. The SMILES string of the molecule is Cc1ccc(P([C]2[CH][CH][CH][C]2[C@H](C)P(C2CCCCC2)C2CCCCC2)c2ccc(C)cc2)cc1. The molecule has 0 aliphatic heterocycles. The first-order chi connectivity index (χ1) is 17.1. The van der Waals surface area contributed by atoms with Crippen molar-refractivity contribution in [2.45, 2.75) is 102 Å². The van der Waals surface area contributed by atoms with Crippen LogP contribution in [0.2, 0.25) is 0 Å². The summed E-state index contributed by atoms with van der Waals surface area (Å²) in [5, 5.41) is 2.99. The van der Waals surface area contributed by atoms with Crippen molar-refractivity contribution in [2.24, 2.45) is 0 Å². The Morgan fingerprint density at radius 1 is 0.629 bits per heavy atom. The van der Waals surface area contributed by atoms with E-state index in [1.165, 1.54) is 85.9 Å². The molecule has 1 atom stereocenters. The molecule has 5 radical (unpaired) electrons. The first kappa shape index (κ1) is 25.9. The smallest absolute Gasteiger partial charge is 0.0201 e. The van der Waals surface area contributed by atoms with E-state index in [4.69, 9.17) is 0 Å². The number of hydrogen-bond acceptors (Lipinski definition) is 0. The second-order valence-electron chi connectivity index (χ2n) is 11.1. The van der Waals surface area contributed by atoms with Gasteiger partial charge in [0.05, 0.1) is 0 Å². The Balaban J connectivity index is 1.47. The molecule has 3 aliphatic carbocycles. The quantitative estimate of drug-likeness (QED) is 0.332. The van der Waals surface area contributed by atoms with Gasteiger partial charge in [-0.05, 0) is 100 Å². The van der Waals surface area contributed by atoms with Gasteiger partial charge in [-0.25, -0.2) is 0 Å². The second-order valence-corrected chi connectivity index (χ2v) is 16.4. The predicted octanol–water partition coefficient (Wildman–Crippen LogP) is 9.00. The fraction of sp³-hybridized carbons (Fsp3) is 0.485. The highest BCUT2D eigenvalue weighted by atomic mass is 31.1. The van der Waals surface area contributed by atoms with Crippen molar-refractivity contribution >= 4 is 26.5 Å². The lowest BCUT2D eigenvalue weighted by molar-refractivity contribution is 0.482. The number of hydrogen-bond donors (Lipinski definition) is 0. The van der Waals surface area contributed by atoms with E-state index in [-0.39, 0.29) is 7.92 Å². The summed E-state index contributed by atoms with van der Waals surface area (Å²) in [5.41, 5.74) is 7.01. The van der Waals surface area contributed by atoms with E-state index in [0.717, 1.165) is 11.3 Å². The molecule has 0 saturated heterocycles. The van der Waals surface area contributed by atoms with Crippen LogP contribution >= 0.6 is 15.8 Å². The van der Waals surface area contributed by atoms with Gasteiger partial charge < -0.3 is 0 Å². The van der Waals surface area contributed by atoms with Gasteiger partial charge in [-0.1, -0.05) is 113 Å². The highest BCUT2D eigenvalue weighted by molar-refractivity contribution is 7.76. The van der Waals surface area contributed by atoms with E-state index in [1.54, 1.807) is 11.6 Å². The number of benzene rings is 2. The maximum Gasteiger partial charge on any atom is 0.0201 e. The number of aryl methyl sites for hydroxylation is 2. The third-order valence-corrected chi connectivity index (χ3v) is 15.0. The number of rotatable bonds is 7. The minimum Gasteiger partial charge on any atom is -0.0968 e. The zero-order valence-electron chi connectivity index (χ0n) is 22.0. The summed E-state index contributed by atoms with van der Waals surface area (Å²) in [6, 6.07) is 18.8. The van der Waals surface area contributed by atoms with Crippen LogP contribution in [-0.2, 0) is 0 Å². The van der Waals surface area contributed by atoms with Crippen molar-refractivity contribution in [2.75, 3.05) is 0 Å². The maximum absolute atomic E-state index is 2.63. The van der Waals surface area contributed by atoms with Gasteiger partial charge in [-0.15, -0.1) is 0 Å². The topological polar surface area (TPSA) is 0 Å². The second kappa shape index (κ2) is 12.2. The summed E-state index contributed by atoms with van der Waals surface area (Å²) in [7, 11) is -0.524. The van der Waals surface area contributed by atoms with Crippen LogP contribution < -0.4 is 10.6 Å². The van der Waals surface area contributed by atoms with Crippen LogP contribution in [0.1, 0.15) is 82.3 Å². The fourth-order valence-electron chi connectivity index (χ4n) is 6.65. The minimum atomic E-state index is -0.536. The molecule has 35 heavy (non-hydrogen) atoms. The summed E-state index contributed by atoms with van der Waals surface area (Å²) in [5.74, 6) is 1.68. The Hall–Kier alpha value is -0.700. The molecule has 0 spiro atoms. The van der Waals surface area contributed by atoms with E-state index in [1.807, 2.05) is 0 Å². The lowest BCUT2D eigenvalue weighted by Gasteiger charge is -2.45. The largest absolute Gasteiger partial charge is 0.0968 e. The Morgan fingerprint density at radius 2 is 1.09 bits per heavy atom. The summed E-state index contributed by atoms with van der Waals surface area (Å²) in [6.45, 7) is 7.04. The van der Waals surface area contributed by atoms with Crippen LogP contribution in [0.5, 0.6) is 0 Å². The molecule has 0 amide bonds. The van der Waals surface area contributed by atoms with Crippen LogP contribution in [-0.4, -0.2) is 17.0 Å². The molecule has 2 aromatic rings. The van der Waals surface area contributed by atoms with Crippen LogP contribution in [0.4, 0.5) is 0 Å². The Labute approximate surface area is 218 Å². The van der Waals surface area contributed by atoms with Crippen molar-refractivity contribution in [3.05, 3.63) is 90.5 Å². The molecule has 0 N–H and O–H groups in total. The minimum absolute atomic E-state index is 0.0125. The van der Waals surface area contributed by atoms with Crippen molar-refractivity contribution in [3.8, 4) is 0 Å². The average molecular weight is 502 g/mol. The molecule has 3 saturated carbocycles. The molecular weight excluding hydrogens is 458 g/mol. The lowest BCUT2D eigenvalue weighted by atomic mass is 9.99. The first-order valence-electron chi connectivity index (χ1n) is 14.1. The van der Waals surface area contributed by atoms with E-state index in [9.17, 15) is 0 Å². The summed E-state index contributed by atoms with van der Waals surface area (Å²) in [6.07, 6.45) is 22.1. The van der Waals surface area contributed by atoms with E-state index in [2.05, 4.69) is 88.6 Å². The van der Waals surface area contributed by atoms with Gasteiger partial charge in [-0.2, -0.15) is 0 Å². The predicted molar refractivity (Wildman–Crippen MR) is 158 cm³/mol. The van der Waals surface area contributed by atoms with E-state index in [0.29, 0.717) is 5.66 Å². The van der Waals surface area contributed by atoms with Gasteiger partial charge in [0.1, 0.15) is 0 Å². The molecular formula is C33H43P2. The van der Waals surface area contributed by atoms with Crippen molar-refractivity contribution in [1.29, 1.82) is 0 Å². The van der Waals surface area contributed by atoms with E-state index >= 15 is 0 Å². The first-order valence-corrected chi connectivity index (χ1v) is 17.0. The van der Waals surface area contributed by atoms with Gasteiger partial charge in [0, 0.05) is 5.66 Å². The van der Waals surface area contributed by atoms with Crippen LogP contribution in [0.25, 0.3) is 0 Å². The fourth-order valence-corrected chi connectivity index (χ4v) is 13.6. The Morgan fingerprint density at radius 3 is 1.54 bits per heavy atom. The van der Waals surface area contributed by atoms with Gasteiger partial charge in [-0.3, -0.25) is 0 Å². The van der Waals surface area contributed by atoms with Crippen LogP contribution in [0, 0.1) is 44.7 Å². The van der Waals surface area contributed by atoms with Gasteiger partial charge in [0.2, 0.25) is 0 Å². The lowest BCUT2D eigenvalue weighted by Crippen LogP contribution is -2.31. The molecule has 0 aromatic heterocycles. The monoisotopic (exact) mass is 501 g/mol. The van der Waals surface area contributed by atoms with Gasteiger partial charge >= 0.3 is 0 Å². The Kier molecular flexibility index (Phi) is 9.06. The molecule has 2 heteroatoms. The summed E-state index contributed by atoms with van der Waals surface area (Å²) >= 11 is 0. The van der Waals surface area contributed by atoms with Gasteiger partial charge in [0.15, 0.2) is 0 Å². The molecule has 0 unspecified atom stereocenters. The zero-order valence-corrected chi connectivity index (χ0v) is 23.8. The molecule has 185 valence electrons. The van der Waals surface area contributed by atoms with Crippen molar-refractivity contribution in [3.63, 3.8) is 0 Å². The summed E-state index contributed by atoms with van der Waals surface area (Å²) < 4.78 is 0. The van der Waals surface area contributed by atoms with Crippen LogP contribution in [0.3, 0.4) is 0 Å². The van der Waals surface area contributed by atoms with Crippen molar-refractivity contribution in [1.82, 2.24) is 0 Å². The van der Waals surface area contributed by atoms with E-state index < -0.39 is 7.92 Å². The third-order valence-electron chi connectivity index (χ3n) is 8.54. The molecule has 5 rings (SSSR count). The molecule has 3 aliphatic rings. The van der Waals surface area contributed by atoms with Crippen molar-refractivity contribution < 1.29 is 0 Å². The zero-order chi connectivity index (χ0) is 24.2. The highest BCUT2D eigenvalue weighted by Crippen LogP contribution is 2.66. The molecule has 3 fully saturated rings. The van der Waals surface area contributed by atoms with Gasteiger partial charge in [0.25, 0.3) is 0 Å². The average Bonchev–Trinajstić information content (AvgIpc) is 3.37. The molecule has 0 heterocycles. The summed E-state index contributed by atoms with van der Waals surface area (Å²) in [4.78, 5) is 0. The normalized spacial score (nSPS) is 22.3.